The number of esters is 1. The van der Waals surface area contributed by atoms with E-state index in [0.717, 1.165) is 16.7 Å². The first-order valence-electron chi connectivity index (χ1n) is 8.32. The van der Waals surface area contributed by atoms with Crippen LogP contribution in [-0.2, 0) is 20.9 Å². The lowest BCUT2D eigenvalue weighted by Crippen LogP contribution is -2.37. The highest BCUT2D eigenvalue weighted by Gasteiger charge is 2.13. The molecule has 0 saturated carbocycles. The Labute approximate surface area is 157 Å². The van der Waals surface area contributed by atoms with E-state index in [1.807, 2.05) is 26.0 Å². The zero-order chi connectivity index (χ0) is 19.8. The standard InChI is InChI=1S/C20H22N2O5/c1-13-4-9-17(14(2)10-13)21-20(25)22-18(23)12-27-19(24)16-7-5-15(6-8-16)11-26-3/h4-10H,11-12H2,1-3H3,(H2,21,22,23,25). The molecule has 0 spiro atoms. The monoisotopic (exact) mass is 370 g/mol. The van der Waals surface area contributed by atoms with Gasteiger partial charge in [-0.15, -0.1) is 0 Å². The molecule has 2 rings (SSSR count). The normalized spacial score (nSPS) is 10.2. The lowest BCUT2D eigenvalue weighted by Gasteiger charge is -2.10. The first kappa shape index (κ1) is 20.1. The van der Waals surface area contributed by atoms with E-state index in [1.54, 1.807) is 37.4 Å². The number of hydrogen-bond donors (Lipinski definition) is 2. The molecule has 2 aromatic rings. The molecule has 0 heterocycles. The first-order chi connectivity index (χ1) is 12.9. The smallest absolute Gasteiger partial charge is 0.338 e. The minimum absolute atomic E-state index is 0.308. The van der Waals surface area contributed by atoms with Crippen molar-refractivity contribution in [2.45, 2.75) is 20.5 Å². The summed E-state index contributed by atoms with van der Waals surface area (Å²) >= 11 is 0. The van der Waals surface area contributed by atoms with Crippen LogP contribution in [0.5, 0.6) is 0 Å². The number of rotatable bonds is 6. The molecule has 142 valence electrons. The highest BCUT2D eigenvalue weighted by molar-refractivity contribution is 6.02. The summed E-state index contributed by atoms with van der Waals surface area (Å²) in [4.78, 5) is 35.6. The summed E-state index contributed by atoms with van der Waals surface area (Å²) in [6, 6.07) is 11.5. The molecule has 0 aliphatic carbocycles. The number of methoxy groups -OCH3 is 1. The van der Waals surface area contributed by atoms with Crippen molar-refractivity contribution >= 4 is 23.6 Å². The summed E-state index contributed by atoms with van der Waals surface area (Å²) in [5, 5.41) is 4.70. The summed E-state index contributed by atoms with van der Waals surface area (Å²) in [5.74, 6) is -1.37. The second-order valence-electron chi connectivity index (χ2n) is 6.03. The van der Waals surface area contributed by atoms with Crippen molar-refractivity contribution in [1.29, 1.82) is 0 Å². The van der Waals surface area contributed by atoms with E-state index in [4.69, 9.17) is 9.47 Å². The molecule has 27 heavy (non-hydrogen) atoms. The van der Waals surface area contributed by atoms with Gasteiger partial charge in [-0.05, 0) is 43.2 Å². The largest absolute Gasteiger partial charge is 0.452 e. The number of anilines is 1. The third-order valence-corrected chi connectivity index (χ3v) is 3.72. The molecule has 2 aromatic carbocycles. The first-order valence-corrected chi connectivity index (χ1v) is 8.32. The maximum atomic E-state index is 11.9. The van der Waals surface area contributed by atoms with Crippen molar-refractivity contribution < 1.29 is 23.9 Å². The maximum Gasteiger partial charge on any atom is 0.338 e. The van der Waals surface area contributed by atoms with E-state index >= 15 is 0 Å². The Bertz CT molecular complexity index is 831. The molecule has 0 saturated heterocycles. The van der Waals surface area contributed by atoms with Crippen LogP contribution >= 0.6 is 0 Å². The summed E-state index contributed by atoms with van der Waals surface area (Å²) < 4.78 is 9.91. The molecular weight excluding hydrogens is 348 g/mol. The number of ether oxygens (including phenoxy) is 2. The number of carbonyl (C=O) groups is 3. The van der Waals surface area contributed by atoms with Crippen LogP contribution in [0.1, 0.15) is 27.0 Å². The van der Waals surface area contributed by atoms with E-state index in [-0.39, 0.29) is 0 Å². The number of imide groups is 1. The van der Waals surface area contributed by atoms with E-state index in [1.165, 1.54) is 0 Å². The average Bonchev–Trinajstić information content (AvgIpc) is 2.63. The molecule has 0 radical (unpaired) electrons. The Morgan fingerprint density at radius 2 is 1.70 bits per heavy atom. The third-order valence-electron chi connectivity index (χ3n) is 3.72. The van der Waals surface area contributed by atoms with Gasteiger partial charge in [-0.3, -0.25) is 10.1 Å². The van der Waals surface area contributed by atoms with E-state index in [0.29, 0.717) is 17.9 Å². The van der Waals surface area contributed by atoms with Gasteiger partial charge in [0.1, 0.15) is 0 Å². The highest BCUT2D eigenvalue weighted by Crippen LogP contribution is 2.15. The molecule has 0 unspecified atom stereocenters. The number of amides is 3. The molecule has 2 N–H and O–H groups in total. The van der Waals surface area contributed by atoms with Crippen LogP contribution in [0.3, 0.4) is 0 Å². The van der Waals surface area contributed by atoms with Gasteiger partial charge in [-0.25, -0.2) is 9.59 Å². The summed E-state index contributed by atoms with van der Waals surface area (Å²) in [7, 11) is 1.58. The molecule has 7 nitrogen and oxygen atoms in total. The molecule has 0 aliphatic rings. The van der Waals surface area contributed by atoms with Crippen molar-refractivity contribution in [3.05, 3.63) is 64.7 Å². The Kier molecular flexibility index (Phi) is 7.08. The van der Waals surface area contributed by atoms with Gasteiger partial charge in [0.2, 0.25) is 0 Å². The third kappa shape index (κ3) is 6.23. The van der Waals surface area contributed by atoms with Gasteiger partial charge in [-0.2, -0.15) is 0 Å². The number of urea groups is 1. The Morgan fingerprint density at radius 1 is 1.00 bits per heavy atom. The molecule has 0 atom stereocenters. The second-order valence-corrected chi connectivity index (χ2v) is 6.03. The fourth-order valence-corrected chi connectivity index (χ4v) is 2.39. The topological polar surface area (TPSA) is 93.7 Å². The number of benzene rings is 2. The predicted octanol–water partition coefficient (Wildman–Crippen LogP) is 2.95. The fourth-order valence-electron chi connectivity index (χ4n) is 2.39. The number of hydrogen-bond acceptors (Lipinski definition) is 5. The maximum absolute atomic E-state index is 11.9. The van der Waals surface area contributed by atoms with Gasteiger partial charge >= 0.3 is 12.0 Å². The van der Waals surface area contributed by atoms with Gasteiger partial charge < -0.3 is 14.8 Å². The molecule has 0 aliphatic heterocycles. The van der Waals surface area contributed by atoms with Crippen LogP contribution in [0.4, 0.5) is 10.5 Å². The highest BCUT2D eigenvalue weighted by atomic mass is 16.5. The SMILES string of the molecule is COCc1ccc(C(=O)OCC(=O)NC(=O)Nc2ccc(C)cc2C)cc1. The fraction of sp³-hybridized carbons (Fsp3) is 0.250. The van der Waals surface area contributed by atoms with Gasteiger partial charge in [0.15, 0.2) is 6.61 Å². The van der Waals surface area contributed by atoms with Crippen molar-refractivity contribution in [2.24, 2.45) is 0 Å². The average molecular weight is 370 g/mol. The summed E-state index contributed by atoms with van der Waals surface area (Å²) in [6.45, 7) is 3.68. The zero-order valence-electron chi connectivity index (χ0n) is 15.5. The van der Waals surface area contributed by atoms with E-state index in [2.05, 4.69) is 10.6 Å². The van der Waals surface area contributed by atoms with Crippen molar-refractivity contribution in [3.63, 3.8) is 0 Å². The predicted molar refractivity (Wildman–Crippen MR) is 101 cm³/mol. The quantitative estimate of drug-likeness (QED) is 0.763. The van der Waals surface area contributed by atoms with E-state index < -0.39 is 24.5 Å². The van der Waals surface area contributed by atoms with Gasteiger partial charge in [0, 0.05) is 12.8 Å². The minimum Gasteiger partial charge on any atom is -0.452 e. The van der Waals surface area contributed by atoms with Crippen molar-refractivity contribution in [3.8, 4) is 0 Å². The molecule has 7 heteroatoms. The van der Waals surface area contributed by atoms with Crippen LogP contribution in [0.2, 0.25) is 0 Å². The summed E-state index contributed by atoms with van der Waals surface area (Å²) in [6.07, 6.45) is 0. The number of aryl methyl sites for hydroxylation is 2. The van der Waals surface area contributed by atoms with Crippen LogP contribution in [0, 0.1) is 13.8 Å². The molecule has 0 aromatic heterocycles. The van der Waals surface area contributed by atoms with Crippen molar-refractivity contribution in [1.82, 2.24) is 5.32 Å². The zero-order valence-corrected chi connectivity index (χ0v) is 15.5. The lowest BCUT2D eigenvalue weighted by molar-refractivity contribution is -0.123. The Balaban J connectivity index is 1.81. The molecular formula is C20H22N2O5. The minimum atomic E-state index is -0.721. The van der Waals surface area contributed by atoms with Gasteiger partial charge in [0.25, 0.3) is 5.91 Å². The van der Waals surface area contributed by atoms with Gasteiger partial charge in [0.05, 0.1) is 12.2 Å². The van der Waals surface area contributed by atoms with E-state index in [9.17, 15) is 14.4 Å². The summed E-state index contributed by atoms with van der Waals surface area (Å²) in [5.41, 5.74) is 3.76. The molecule has 0 fully saturated rings. The van der Waals surface area contributed by atoms with Crippen LogP contribution in [0.15, 0.2) is 42.5 Å². The van der Waals surface area contributed by atoms with Gasteiger partial charge in [-0.1, -0.05) is 29.8 Å². The van der Waals surface area contributed by atoms with Crippen LogP contribution in [-0.4, -0.2) is 31.6 Å². The molecule has 3 amide bonds. The van der Waals surface area contributed by atoms with Crippen LogP contribution in [0.25, 0.3) is 0 Å². The van der Waals surface area contributed by atoms with Crippen molar-refractivity contribution in [2.75, 3.05) is 19.0 Å². The number of carbonyl (C=O) groups excluding carboxylic acids is 3. The molecule has 0 bridgehead atoms. The second kappa shape index (κ2) is 9.49. The van der Waals surface area contributed by atoms with Crippen LogP contribution < -0.4 is 10.6 Å². The lowest BCUT2D eigenvalue weighted by atomic mass is 10.1. The Hall–Kier alpha value is -3.19. The Morgan fingerprint density at radius 3 is 2.33 bits per heavy atom. The number of nitrogens with one attached hydrogen (secondary N) is 2.